The number of unbranched alkanes of at least 4 members (excludes halogenated alkanes) is 1. The summed E-state index contributed by atoms with van der Waals surface area (Å²) in [4.78, 5) is 10.8. The number of carbonyl (C=O) groups is 1. The average molecular weight is 226 g/mol. The van der Waals surface area contributed by atoms with Gasteiger partial charge < -0.3 is 4.74 Å². The lowest BCUT2D eigenvalue weighted by Crippen LogP contribution is -2.12. The van der Waals surface area contributed by atoms with Crippen LogP contribution in [0.5, 0.6) is 0 Å². The Kier molecular flexibility index (Phi) is 15.1. The highest BCUT2D eigenvalue weighted by atomic mass is 16.5. The van der Waals surface area contributed by atoms with Crippen molar-refractivity contribution in [2.24, 2.45) is 5.92 Å². The molecule has 0 N–H and O–H groups in total. The third-order valence-corrected chi connectivity index (χ3v) is 2.17. The maximum atomic E-state index is 10.8. The van der Waals surface area contributed by atoms with Crippen molar-refractivity contribution < 1.29 is 9.53 Å². The maximum absolute atomic E-state index is 10.8. The van der Waals surface area contributed by atoms with Crippen LogP contribution in [-0.4, -0.2) is 12.6 Å². The van der Waals surface area contributed by atoms with E-state index in [-0.39, 0.29) is 5.97 Å². The normalized spacial score (nSPS) is 10.7. The Balaban J connectivity index is 0. The highest BCUT2D eigenvalue weighted by molar-refractivity contribution is 5.81. The van der Waals surface area contributed by atoms with Gasteiger partial charge in [-0.25, -0.2) is 4.79 Å². The van der Waals surface area contributed by atoms with E-state index in [0.29, 0.717) is 12.5 Å². The van der Waals surface area contributed by atoms with Gasteiger partial charge in [0, 0.05) is 6.08 Å². The molecule has 0 spiro atoms. The Morgan fingerprint density at radius 1 is 1.38 bits per heavy atom. The van der Waals surface area contributed by atoms with E-state index in [9.17, 15) is 4.79 Å². The van der Waals surface area contributed by atoms with Crippen molar-refractivity contribution in [2.45, 2.75) is 46.5 Å². The van der Waals surface area contributed by atoms with Gasteiger partial charge in [-0.15, -0.1) is 6.58 Å². The Labute approximate surface area is 100 Å². The van der Waals surface area contributed by atoms with E-state index in [1.807, 2.05) is 6.92 Å². The molecule has 1 atom stereocenters. The minimum absolute atomic E-state index is 0.310. The third-order valence-electron chi connectivity index (χ3n) is 2.17. The molecule has 0 aromatic rings. The molecule has 0 bridgehead atoms. The highest BCUT2D eigenvalue weighted by Gasteiger charge is 2.07. The van der Waals surface area contributed by atoms with Crippen molar-refractivity contribution in [2.75, 3.05) is 6.61 Å². The molecule has 0 radical (unpaired) electrons. The van der Waals surface area contributed by atoms with Crippen LogP contribution in [0.4, 0.5) is 0 Å². The van der Waals surface area contributed by atoms with Gasteiger partial charge >= 0.3 is 5.97 Å². The SMILES string of the molecule is C=CC.C=CC(=O)OCC(CC)CCCC. The first kappa shape index (κ1) is 17.3. The zero-order chi connectivity index (χ0) is 12.8. The van der Waals surface area contributed by atoms with E-state index in [2.05, 4.69) is 27.0 Å². The zero-order valence-corrected chi connectivity index (χ0v) is 11.0. The Morgan fingerprint density at radius 2 is 1.94 bits per heavy atom. The summed E-state index contributed by atoms with van der Waals surface area (Å²) in [7, 11) is 0. The molecule has 0 fully saturated rings. The molecule has 0 heterocycles. The Bertz CT molecular complexity index is 185. The van der Waals surface area contributed by atoms with Crippen LogP contribution in [0.1, 0.15) is 46.5 Å². The first-order valence-corrected chi connectivity index (χ1v) is 6.02. The second-order valence-corrected chi connectivity index (χ2v) is 3.66. The van der Waals surface area contributed by atoms with Gasteiger partial charge in [0.05, 0.1) is 6.61 Å². The molecule has 0 amide bonds. The van der Waals surface area contributed by atoms with E-state index < -0.39 is 0 Å². The summed E-state index contributed by atoms with van der Waals surface area (Å²) in [6, 6.07) is 0. The molecule has 0 aromatic heterocycles. The van der Waals surface area contributed by atoms with Crippen molar-refractivity contribution in [1.29, 1.82) is 0 Å². The summed E-state index contributed by atoms with van der Waals surface area (Å²) in [6.07, 6.45) is 7.60. The zero-order valence-electron chi connectivity index (χ0n) is 11.0. The van der Waals surface area contributed by atoms with Gasteiger partial charge in [0.15, 0.2) is 0 Å². The highest BCUT2D eigenvalue weighted by Crippen LogP contribution is 2.12. The predicted octanol–water partition coefficient (Wildman–Crippen LogP) is 4.12. The van der Waals surface area contributed by atoms with Crippen LogP contribution < -0.4 is 0 Å². The summed E-state index contributed by atoms with van der Waals surface area (Å²) < 4.78 is 4.98. The largest absolute Gasteiger partial charge is 0.462 e. The summed E-state index contributed by atoms with van der Waals surface area (Å²) in [5, 5.41) is 0. The van der Waals surface area contributed by atoms with Crippen molar-refractivity contribution in [1.82, 2.24) is 0 Å². The molecule has 2 nitrogen and oxygen atoms in total. The Morgan fingerprint density at radius 3 is 2.31 bits per heavy atom. The van der Waals surface area contributed by atoms with Gasteiger partial charge in [0.1, 0.15) is 0 Å². The van der Waals surface area contributed by atoms with Gasteiger partial charge in [-0.05, 0) is 19.3 Å². The van der Waals surface area contributed by atoms with E-state index in [1.165, 1.54) is 18.9 Å². The molecular weight excluding hydrogens is 200 g/mol. The van der Waals surface area contributed by atoms with Gasteiger partial charge in [-0.2, -0.15) is 0 Å². The van der Waals surface area contributed by atoms with Crippen molar-refractivity contribution >= 4 is 5.97 Å². The van der Waals surface area contributed by atoms with Gasteiger partial charge in [0.25, 0.3) is 0 Å². The van der Waals surface area contributed by atoms with Gasteiger partial charge in [-0.3, -0.25) is 0 Å². The minimum atomic E-state index is -0.310. The number of carbonyl (C=O) groups excluding carboxylic acids is 1. The fraction of sp³-hybridized carbons (Fsp3) is 0.643. The molecule has 2 heteroatoms. The van der Waals surface area contributed by atoms with Crippen molar-refractivity contribution in [3.05, 3.63) is 25.3 Å². The van der Waals surface area contributed by atoms with Crippen LogP contribution in [0.2, 0.25) is 0 Å². The lowest BCUT2D eigenvalue weighted by molar-refractivity contribution is -0.139. The van der Waals surface area contributed by atoms with E-state index in [0.717, 1.165) is 12.8 Å². The van der Waals surface area contributed by atoms with Gasteiger partial charge in [0.2, 0.25) is 0 Å². The fourth-order valence-electron chi connectivity index (χ4n) is 1.16. The minimum Gasteiger partial charge on any atom is -0.462 e. The summed E-state index contributed by atoms with van der Waals surface area (Å²) in [5.41, 5.74) is 0. The smallest absolute Gasteiger partial charge is 0.330 e. The van der Waals surface area contributed by atoms with E-state index in [4.69, 9.17) is 4.74 Å². The summed E-state index contributed by atoms with van der Waals surface area (Å²) in [5.74, 6) is 0.207. The lowest BCUT2D eigenvalue weighted by atomic mass is 10.0. The standard InChI is InChI=1S/C11H20O2.C3H6/c1-4-7-8-10(5-2)9-13-11(12)6-3;1-3-2/h6,10H,3-5,7-9H2,1-2H3;3H,1H2,2H3. The number of esters is 1. The van der Waals surface area contributed by atoms with Crippen LogP contribution in [0.3, 0.4) is 0 Å². The second-order valence-electron chi connectivity index (χ2n) is 3.66. The number of ether oxygens (including phenoxy) is 1. The molecule has 0 aromatic carbocycles. The molecule has 16 heavy (non-hydrogen) atoms. The van der Waals surface area contributed by atoms with Crippen LogP contribution >= 0.6 is 0 Å². The first-order chi connectivity index (χ1) is 7.65. The van der Waals surface area contributed by atoms with E-state index in [1.54, 1.807) is 6.08 Å². The molecule has 0 aliphatic carbocycles. The first-order valence-electron chi connectivity index (χ1n) is 6.02. The molecule has 0 rings (SSSR count). The fourth-order valence-corrected chi connectivity index (χ4v) is 1.16. The van der Waals surface area contributed by atoms with Crippen molar-refractivity contribution in [3.8, 4) is 0 Å². The molecule has 0 saturated heterocycles. The monoisotopic (exact) mass is 226 g/mol. The third kappa shape index (κ3) is 12.9. The maximum Gasteiger partial charge on any atom is 0.330 e. The van der Waals surface area contributed by atoms with E-state index >= 15 is 0 Å². The van der Waals surface area contributed by atoms with Crippen LogP contribution in [0.25, 0.3) is 0 Å². The Hall–Kier alpha value is -1.05. The number of hydrogen-bond donors (Lipinski definition) is 0. The quantitative estimate of drug-likeness (QED) is 0.371. The molecular formula is C14H26O2. The van der Waals surface area contributed by atoms with Gasteiger partial charge in [-0.1, -0.05) is 45.8 Å². The number of hydrogen-bond acceptors (Lipinski definition) is 2. The van der Waals surface area contributed by atoms with Crippen LogP contribution in [-0.2, 0) is 9.53 Å². The molecule has 0 aliphatic rings. The van der Waals surface area contributed by atoms with Crippen LogP contribution in [0.15, 0.2) is 25.3 Å². The number of allylic oxidation sites excluding steroid dienone is 1. The average Bonchev–Trinajstić information content (AvgIpc) is 2.30. The molecule has 0 aliphatic heterocycles. The molecule has 0 saturated carbocycles. The molecule has 1 unspecified atom stereocenters. The molecule has 94 valence electrons. The van der Waals surface area contributed by atoms with Crippen LogP contribution in [0, 0.1) is 5.92 Å². The predicted molar refractivity (Wildman–Crippen MR) is 70.3 cm³/mol. The number of rotatable bonds is 7. The second kappa shape index (κ2) is 13.9. The topological polar surface area (TPSA) is 26.3 Å². The summed E-state index contributed by atoms with van der Waals surface area (Å²) >= 11 is 0. The summed E-state index contributed by atoms with van der Waals surface area (Å²) in [6.45, 7) is 13.4. The van der Waals surface area contributed by atoms with Crippen molar-refractivity contribution in [3.63, 3.8) is 0 Å². The lowest BCUT2D eigenvalue weighted by Gasteiger charge is -2.13.